The lowest BCUT2D eigenvalue weighted by Gasteiger charge is -2.27. The number of halogens is 4. The highest BCUT2D eigenvalue weighted by molar-refractivity contribution is 14.1. The number of nitro groups is 1. The number of nitro benzene ring substituents is 1. The topological polar surface area (TPSA) is 106 Å². The molecule has 2 aromatic rings. The molecule has 13 heteroatoms. The maximum atomic E-state index is 12.5. The van der Waals surface area contributed by atoms with Gasteiger partial charge in [-0.15, -0.1) is 0 Å². The van der Waals surface area contributed by atoms with E-state index in [2.05, 4.69) is 38.5 Å². The number of methoxy groups -OCH3 is 1. The molecule has 0 radical (unpaired) electrons. The first-order valence-corrected chi connectivity index (χ1v) is 10.7. The highest BCUT2D eigenvalue weighted by Gasteiger charge is 2.35. The second-order valence-electron chi connectivity index (χ2n) is 5.69. The van der Waals surface area contributed by atoms with Gasteiger partial charge in [-0.3, -0.25) is 14.9 Å². The Balaban J connectivity index is 2.15. The van der Waals surface area contributed by atoms with Crippen molar-refractivity contribution in [1.29, 1.82) is 0 Å². The van der Waals surface area contributed by atoms with Crippen LogP contribution in [0.3, 0.4) is 0 Å². The molecule has 0 saturated heterocycles. The largest absolute Gasteiger partial charge is 0.496 e. The van der Waals surface area contributed by atoms with Crippen LogP contribution in [0.25, 0.3) is 0 Å². The van der Waals surface area contributed by atoms with Gasteiger partial charge >= 0.3 is 0 Å². The van der Waals surface area contributed by atoms with Crippen molar-refractivity contribution in [2.24, 2.45) is 0 Å². The van der Waals surface area contributed by atoms with Crippen molar-refractivity contribution in [1.82, 2.24) is 10.6 Å². The predicted molar refractivity (Wildman–Crippen MR) is 130 cm³/mol. The highest BCUT2D eigenvalue weighted by atomic mass is 127. The Morgan fingerprint density at radius 1 is 1.20 bits per heavy atom. The van der Waals surface area contributed by atoms with Crippen LogP contribution in [0, 0.1) is 13.7 Å². The number of rotatable bonds is 6. The number of nitrogens with zero attached hydrogens (tertiary/aromatic N) is 1. The number of carbonyl (C=O) groups excluding carboxylic acids is 1. The molecule has 0 spiro atoms. The van der Waals surface area contributed by atoms with Gasteiger partial charge in [-0.05, 0) is 71.2 Å². The number of nitrogens with one attached hydrogen (secondary N) is 3. The third-order valence-electron chi connectivity index (χ3n) is 3.63. The van der Waals surface area contributed by atoms with Crippen LogP contribution < -0.4 is 20.7 Å². The Morgan fingerprint density at radius 3 is 2.37 bits per heavy atom. The quantitative estimate of drug-likeness (QED) is 0.111. The fourth-order valence-corrected chi connectivity index (χ4v) is 3.11. The van der Waals surface area contributed by atoms with Crippen LogP contribution in [0.4, 0.5) is 11.4 Å². The van der Waals surface area contributed by atoms with E-state index in [4.69, 9.17) is 51.8 Å². The molecule has 3 N–H and O–H groups in total. The van der Waals surface area contributed by atoms with Crippen molar-refractivity contribution in [2.75, 3.05) is 12.4 Å². The predicted octanol–water partition coefficient (Wildman–Crippen LogP) is 4.62. The zero-order valence-electron chi connectivity index (χ0n) is 15.1. The van der Waals surface area contributed by atoms with Gasteiger partial charge in [-0.25, -0.2) is 0 Å². The van der Waals surface area contributed by atoms with Crippen molar-refractivity contribution in [3.8, 4) is 5.75 Å². The number of alkyl halides is 3. The number of anilines is 1. The molecule has 0 aliphatic heterocycles. The Bertz CT molecular complexity index is 957. The standard InChI is InChI=1S/C17H14Cl3IN4O4S/c1-29-11-6-7-12(13(8-11)25(27)28)22-16(30)24-15(17(18,19)20)23-14(26)9-2-4-10(21)5-3-9/h2-8,15H,1H3,(H,23,26)(H2,22,24,30)/t15-/m1/s1. The van der Waals surface area contributed by atoms with Crippen LogP contribution in [0.1, 0.15) is 10.4 Å². The molecule has 1 amide bonds. The molecular weight excluding hydrogens is 590 g/mol. The maximum Gasteiger partial charge on any atom is 0.296 e. The van der Waals surface area contributed by atoms with Crippen LogP contribution in [0.5, 0.6) is 5.75 Å². The summed E-state index contributed by atoms with van der Waals surface area (Å²) >= 11 is 25.2. The second-order valence-corrected chi connectivity index (χ2v) is 9.72. The Morgan fingerprint density at radius 2 is 1.83 bits per heavy atom. The summed E-state index contributed by atoms with van der Waals surface area (Å²) in [6, 6.07) is 10.9. The minimum atomic E-state index is -1.98. The average Bonchev–Trinajstić information content (AvgIpc) is 2.67. The molecule has 160 valence electrons. The van der Waals surface area contributed by atoms with Gasteiger partial charge in [0.05, 0.1) is 18.1 Å². The zero-order chi connectivity index (χ0) is 22.5. The minimum Gasteiger partial charge on any atom is -0.496 e. The molecule has 30 heavy (non-hydrogen) atoms. The molecule has 2 rings (SSSR count). The molecule has 0 saturated carbocycles. The van der Waals surface area contributed by atoms with Crippen LogP contribution in [0.2, 0.25) is 0 Å². The highest BCUT2D eigenvalue weighted by Crippen LogP contribution is 2.31. The summed E-state index contributed by atoms with van der Waals surface area (Å²) in [5.41, 5.74) is 0.165. The molecule has 0 fully saturated rings. The monoisotopic (exact) mass is 602 g/mol. The summed E-state index contributed by atoms with van der Waals surface area (Å²) in [6.45, 7) is 0. The van der Waals surface area contributed by atoms with Gasteiger partial charge in [-0.2, -0.15) is 0 Å². The normalized spacial score (nSPS) is 11.9. The van der Waals surface area contributed by atoms with E-state index < -0.39 is 20.8 Å². The van der Waals surface area contributed by atoms with E-state index in [9.17, 15) is 14.9 Å². The number of thiocarbonyl (C=S) groups is 1. The fourth-order valence-electron chi connectivity index (χ4n) is 2.20. The molecule has 0 heterocycles. The first-order valence-electron chi connectivity index (χ1n) is 8.04. The molecule has 0 aliphatic carbocycles. The number of carbonyl (C=O) groups is 1. The number of ether oxygens (including phenoxy) is 1. The van der Waals surface area contributed by atoms with E-state index in [1.54, 1.807) is 24.3 Å². The number of benzene rings is 2. The summed E-state index contributed by atoms with van der Waals surface area (Å²) in [5.74, 6) is -0.205. The second kappa shape index (κ2) is 10.6. The fraction of sp³-hybridized carbons (Fsp3) is 0.176. The van der Waals surface area contributed by atoms with E-state index >= 15 is 0 Å². The number of amides is 1. The number of hydrogen-bond acceptors (Lipinski definition) is 5. The van der Waals surface area contributed by atoms with Crippen LogP contribution in [0.15, 0.2) is 42.5 Å². The summed E-state index contributed by atoms with van der Waals surface area (Å²) in [7, 11) is 1.39. The third kappa shape index (κ3) is 6.98. The first kappa shape index (κ1) is 24.7. The van der Waals surface area contributed by atoms with E-state index in [-0.39, 0.29) is 16.5 Å². The smallest absolute Gasteiger partial charge is 0.296 e. The molecule has 1 atom stereocenters. The van der Waals surface area contributed by atoms with Crippen molar-refractivity contribution in [3.63, 3.8) is 0 Å². The SMILES string of the molecule is COc1ccc(NC(=S)N[C@@H](NC(=O)c2ccc(I)cc2)C(Cl)(Cl)Cl)c([N+](=O)[O-])c1. The summed E-state index contributed by atoms with van der Waals surface area (Å²) < 4.78 is 3.96. The van der Waals surface area contributed by atoms with E-state index in [0.717, 1.165) is 3.57 Å². The first-order chi connectivity index (χ1) is 14.0. The lowest BCUT2D eigenvalue weighted by molar-refractivity contribution is -0.384. The van der Waals surface area contributed by atoms with Gasteiger partial charge in [-0.1, -0.05) is 34.8 Å². The zero-order valence-corrected chi connectivity index (χ0v) is 20.4. The van der Waals surface area contributed by atoms with E-state index in [1.165, 1.54) is 25.3 Å². The van der Waals surface area contributed by atoms with Gasteiger partial charge in [0.2, 0.25) is 3.79 Å². The summed E-state index contributed by atoms with van der Waals surface area (Å²) in [5, 5.41) is 19.0. The molecule has 8 nitrogen and oxygen atoms in total. The molecule has 2 aromatic carbocycles. The lowest BCUT2D eigenvalue weighted by Crippen LogP contribution is -2.56. The van der Waals surface area contributed by atoms with Crippen molar-refractivity contribution in [2.45, 2.75) is 9.96 Å². The third-order valence-corrected chi connectivity index (χ3v) is 5.23. The Kier molecular flexibility index (Phi) is 8.73. The summed E-state index contributed by atoms with van der Waals surface area (Å²) in [6.07, 6.45) is -1.23. The molecule has 0 aromatic heterocycles. The molecular formula is C17H14Cl3IN4O4S. The minimum absolute atomic E-state index is 0.0883. The lowest BCUT2D eigenvalue weighted by atomic mass is 10.2. The van der Waals surface area contributed by atoms with Crippen molar-refractivity contribution in [3.05, 3.63) is 61.7 Å². The summed E-state index contributed by atoms with van der Waals surface area (Å²) in [4.78, 5) is 23.2. The maximum absolute atomic E-state index is 12.5. The molecule has 0 aliphatic rings. The van der Waals surface area contributed by atoms with Gasteiger partial charge in [0.25, 0.3) is 11.6 Å². The Labute approximate surface area is 205 Å². The Hall–Kier alpha value is -1.60. The van der Waals surface area contributed by atoms with Gasteiger partial charge in [0.15, 0.2) is 5.11 Å². The van der Waals surface area contributed by atoms with Gasteiger partial charge in [0.1, 0.15) is 17.6 Å². The van der Waals surface area contributed by atoms with Crippen molar-refractivity contribution >= 4 is 92.0 Å². The van der Waals surface area contributed by atoms with Crippen molar-refractivity contribution < 1.29 is 14.5 Å². The van der Waals surface area contributed by atoms with Crippen LogP contribution in [-0.2, 0) is 0 Å². The van der Waals surface area contributed by atoms with Crippen LogP contribution >= 0.6 is 69.6 Å². The van der Waals surface area contributed by atoms with E-state index in [1.807, 2.05) is 0 Å². The molecule has 0 bridgehead atoms. The molecule has 0 unspecified atom stereocenters. The average molecular weight is 604 g/mol. The number of hydrogen-bond donors (Lipinski definition) is 3. The van der Waals surface area contributed by atoms with E-state index in [0.29, 0.717) is 11.3 Å². The van der Waals surface area contributed by atoms with Crippen LogP contribution in [-0.4, -0.2) is 33.0 Å². The van der Waals surface area contributed by atoms with Gasteiger partial charge < -0.3 is 20.7 Å². The van der Waals surface area contributed by atoms with Gasteiger partial charge in [0, 0.05) is 9.13 Å².